The van der Waals surface area contributed by atoms with Crippen molar-refractivity contribution in [1.29, 1.82) is 0 Å². The summed E-state index contributed by atoms with van der Waals surface area (Å²) in [6.07, 6.45) is 1.73. The number of hydrogen-bond donors (Lipinski definition) is 2. The van der Waals surface area contributed by atoms with Gasteiger partial charge in [-0.05, 0) is 24.3 Å². The highest BCUT2D eigenvalue weighted by Gasteiger charge is 2.09. The van der Waals surface area contributed by atoms with Crippen LogP contribution < -0.4 is 20.1 Å². The van der Waals surface area contributed by atoms with E-state index in [-0.39, 0.29) is 7.43 Å². The molecule has 0 radical (unpaired) electrons. The molecule has 0 atom stereocenters. The third kappa shape index (κ3) is 5.68. The van der Waals surface area contributed by atoms with Crippen molar-refractivity contribution in [3.8, 4) is 11.5 Å². The third-order valence-electron chi connectivity index (χ3n) is 3.04. The minimum atomic E-state index is -1.06. The van der Waals surface area contributed by atoms with Crippen LogP contribution in [0.4, 0.5) is 11.5 Å². The third-order valence-corrected chi connectivity index (χ3v) is 3.04. The molecule has 0 unspecified atom stereocenters. The Balaban J connectivity index is 0.00000288. The van der Waals surface area contributed by atoms with Crippen LogP contribution in [0.1, 0.15) is 7.43 Å². The van der Waals surface area contributed by atoms with Gasteiger partial charge in [-0.15, -0.1) is 0 Å². The number of pyridine rings is 1. The lowest BCUT2D eigenvalue weighted by molar-refractivity contribution is -0.139. The van der Waals surface area contributed by atoms with E-state index in [2.05, 4.69) is 4.98 Å². The molecule has 0 saturated carbocycles. The molecule has 0 fully saturated rings. The zero-order valence-corrected chi connectivity index (χ0v) is 12.8. The standard InChI is InChI=1S/C16H19N3O4.CH4/c1-19(15-4-2-3-7-18-15)8-9-22-13-6-5-12(17)10-14(13)23-11-16(20)21;/h2-7,10H,8-9,11,17H2,1H3,(H,20,21);1H4. The van der Waals surface area contributed by atoms with Gasteiger partial charge in [0.2, 0.25) is 0 Å². The van der Waals surface area contributed by atoms with Crippen LogP contribution in [0.5, 0.6) is 11.5 Å². The maximum absolute atomic E-state index is 10.6. The number of hydrogen-bond acceptors (Lipinski definition) is 6. The van der Waals surface area contributed by atoms with Gasteiger partial charge in [0.25, 0.3) is 0 Å². The average molecular weight is 333 g/mol. The molecule has 0 bridgehead atoms. The molecule has 0 saturated heterocycles. The van der Waals surface area contributed by atoms with Gasteiger partial charge < -0.3 is 25.2 Å². The Labute approximate surface area is 141 Å². The minimum Gasteiger partial charge on any atom is -0.488 e. The van der Waals surface area contributed by atoms with Gasteiger partial charge in [0.15, 0.2) is 18.1 Å². The molecule has 7 heteroatoms. The van der Waals surface area contributed by atoms with E-state index in [1.165, 1.54) is 0 Å². The number of nitrogens with two attached hydrogens (primary N) is 1. The molecular formula is C17H23N3O4. The first-order valence-electron chi connectivity index (χ1n) is 7.05. The van der Waals surface area contributed by atoms with Crippen molar-refractivity contribution in [3.05, 3.63) is 42.6 Å². The summed E-state index contributed by atoms with van der Waals surface area (Å²) >= 11 is 0. The van der Waals surface area contributed by atoms with Crippen LogP contribution in [0.2, 0.25) is 0 Å². The van der Waals surface area contributed by atoms with Crippen molar-refractivity contribution < 1.29 is 19.4 Å². The number of rotatable bonds is 8. The molecule has 0 aliphatic rings. The van der Waals surface area contributed by atoms with Crippen molar-refractivity contribution in [2.45, 2.75) is 7.43 Å². The molecule has 130 valence electrons. The Bertz CT molecular complexity index is 650. The van der Waals surface area contributed by atoms with Crippen LogP contribution in [-0.2, 0) is 4.79 Å². The van der Waals surface area contributed by atoms with Crippen LogP contribution in [0, 0.1) is 0 Å². The monoisotopic (exact) mass is 333 g/mol. The van der Waals surface area contributed by atoms with Crippen molar-refractivity contribution >= 4 is 17.5 Å². The van der Waals surface area contributed by atoms with E-state index in [4.69, 9.17) is 20.3 Å². The quantitative estimate of drug-likeness (QED) is 0.715. The maximum Gasteiger partial charge on any atom is 0.341 e. The summed E-state index contributed by atoms with van der Waals surface area (Å²) in [5, 5.41) is 8.70. The Morgan fingerprint density at radius 2 is 2.04 bits per heavy atom. The SMILES string of the molecule is C.CN(CCOc1ccc(N)cc1OCC(=O)O)c1ccccn1. The number of aromatic nitrogens is 1. The van der Waals surface area contributed by atoms with Crippen LogP contribution in [0.25, 0.3) is 0 Å². The van der Waals surface area contributed by atoms with E-state index >= 15 is 0 Å². The lowest BCUT2D eigenvalue weighted by atomic mass is 10.3. The highest BCUT2D eigenvalue weighted by molar-refractivity contribution is 5.68. The molecule has 0 aliphatic heterocycles. The summed E-state index contributed by atoms with van der Waals surface area (Å²) in [6.45, 7) is 0.549. The zero-order valence-electron chi connectivity index (χ0n) is 12.8. The van der Waals surface area contributed by atoms with Crippen LogP contribution >= 0.6 is 0 Å². The first kappa shape index (κ1) is 19.1. The number of ether oxygens (including phenoxy) is 2. The summed E-state index contributed by atoms with van der Waals surface area (Å²) in [6, 6.07) is 10.6. The zero-order chi connectivity index (χ0) is 16.7. The molecule has 24 heavy (non-hydrogen) atoms. The van der Waals surface area contributed by atoms with E-state index in [0.29, 0.717) is 30.3 Å². The number of anilines is 2. The number of likely N-dealkylation sites (N-methyl/N-ethyl adjacent to an activating group) is 1. The Hall–Kier alpha value is -2.96. The summed E-state index contributed by atoms with van der Waals surface area (Å²) in [5.74, 6) is 0.548. The fourth-order valence-corrected chi connectivity index (χ4v) is 1.88. The highest BCUT2D eigenvalue weighted by Crippen LogP contribution is 2.29. The van der Waals surface area contributed by atoms with E-state index in [1.807, 2.05) is 30.1 Å². The number of benzene rings is 1. The van der Waals surface area contributed by atoms with Crippen LogP contribution in [0.15, 0.2) is 42.6 Å². The summed E-state index contributed by atoms with van der Waals surface area (Å²) in [4.78, 5) is 16.8. The van der Waals surface area contributed by atoms with E-state index in [1.54, 1.807) is 24.4 Å². The normalized spacial score (nSPS) is 9.71. The summed E-state index contributed by atoms with van der Waals surface area (Å²) in [5.41, 5.74) is 6.16. The summed E-state index contributed by atoms with van der Waals surface area (Å²) < 4.78 is 10.9. The van der Waals surface area contributed by atoms with E-state index in [0.717, 1.165) is 5.82 Å². The Morgan fingerprint density at radius 3 is 2.71 bits per heavy atom. The van der Waals surface area contributed by atoms with E-state index in [9.17, 15) is 4.79 Å². The minimum absolute atomic E-state index is 0. The molecule has 1 heterocycles. The molecule has 0 amide bonds. The molecule has 0 aliphatic carbocycles. The fourth-order valence-electron chi connectivity index (χ4n) is 1.88. The summed E-state index contributed by atoms with van der Waals surface area (Å²) in [7, 11) is 1.91. The van der Waals surface area contributed by atoms with Crippen molar-refractivity contribution in [3.63, 3.8) is 0 Å². The number of nitrogens with zero attached hydrogens (tertiary/aromatic N) is 2. The molecule has 3 N–H and O–H groups in total. The second kappa shape index (κ2) is 9.24. The predicted octanol–water partition coefficient (Wildman–Crippen LogP) is 2.28. The maximum atomic E-state index is 10.6. The molecule has 1 aromatic heterocycles. The number of aliphatic carboxylic acids is 1. The van der Waals surface area contributed by atoms with Gasteiger partial charge in [-0.3, -0.25) is 0 Å². The second-order valence-corrected chi connectivity index (χ2v) is 4.85. The van der Waals surface area contributed by atoms with Gasteiger partial charge in [-0.1, -0.05) is 13.5 Å². The van der Waals surface area contributed by atoms with Gasteiger partial charge in [0.05, 0.1) is 6.54 Å². The number of carboxylic acids is 1. The van der Waals surface area contributed by atoms with Gasteiger partial charge >= 0.3 is 5.97 Å². The Kier molecular flexibility index (Phi) is 7.35. The average Bonchev–Trinajstić information content (AvgIpc) is 2.55. The predicted molar refractivity (Wildman–Crippen MR) is 93.7 cm³/mol. The van der Waals surface area contributed by atoms with Crippen molar-refractivity contribution in [2.75, 3.05) is 37.4 Å². The van der Waals surface area contributed by atoms with Gasteiger partial charge in [0.1, 0.15) is 12.4 Å². The van der Waals surface area contributed by atoms with Crippen molar-refractivity contribution in [2.24, 2.45) is 0 Å². The largest absolute Gasteiger partial charge is 0.488 e. The molecule has 1 aromatic carbocycles. The van der Waals surface area contributed by atoms with Crippen LogP contribution in [-0.4, -0.2) is 42.9 Å². The van der Waals surface area contributed by atoms with Gasteiger partial charge in [-0.25, -0.2) is 9.78 Å². The topological polar surface area (TPSA) is 97.9 Å². The molecule has 2 rings (SSSR count). The number of nitrogen functional groups attached to an aromatic ring is 1. The van der Waals surface area contributed by atoms with Crippen LogP contribution in [0.3, 0.4) is 0 Å². The van der Waals surface area contributed by atoms with Crippen molar-refractivity contribution in [1.82, 2.24) is 4.98 Å². The highest BCUT2D eigenvalue weighted by atomic mass is 16.5. The lowest BCUT2D eigenvalue weighted by Gasteiger charge is -2.19. The lowest BCUT2D eigenvalue weighted by Crippen LogP contribution is -2.24. The number of carbonyl (C=O) groups is 1. The Morgan fingerprint density at radius 1 is 1.25 bits per heavy atom. The molecular weight excluding hydrogens is 310 g/mol. The first-order valence-corrected chi connectivity index (χ1v) is 7.05. The first-order chi connectivity index (χ1) is 11.1. The van der Waals surface area contributed by atoms with E-state index < -0.39 is 12.6 Å². The molecule has 0 spiro atoms. The molecule has 7 nitrogen and oxygen atoms in total. The number of carboxylic acid groups (broad SMARTS) is 1. The van der Waals surface area contributed by atoms with Gasteiger partial charge in [0, 0.05) is 25.0 Å². The fraction of sp³-hybridized carbons (Fsp3) is 0.294. The smallest absolute Gasteiger partial charge is 0.341 e. The second-order valence-electron chi connectivity index (χ2n) is 4.85. The molecule has 2 aromatic rings. The van der Waals surface area contributed by atoms with Gasteiger partial charge in [-0.2, -0.15) is 0 Å².